The molecule has 0 radical (unpaired) electrons. The number of hydrogen-bond acceptors (Lipinski definition) is 3. The number of halogens is 1. The third kappa shape index (κ3) is 2.01. The summed E-state index contributed by atoms with van der Waals surface area (Å²) >= 11 is 0. The van der Waals surface area contributed by atoms with E-state index in [-0.39, 0.29) is 12.4 Å². The van der Waals surface area contributed by atoms with Crippen LogP contribution in [0.5, 0.6) is 0 Å². The molecule has 1 aliphatic rings. The van der Waals surface area contributed by atoms with Crippen LogP contribution in [0.3, 0.4) is 0 Å². The van der Waals surface area contributed by atoms with Crippen molar-refractivity contribution in [3.05, 3.63) is 40.8 Å². The molecule has 2 aromatic rings. The van der Waals surface area contributed by atoms with Crippen molar-refractivity contribution in [3.8, 4) is 0 Å². The van der Waals surface area contributed by atoms with Crippen LogP contribution in [0.15, 0.2) is 18.2 Å². The Labute approximate surface area is 111 Å². The minimum atomic E-state index is -0.312. The van der Waals surface area contributed by atoms with Gasteiger partial charge in [-0.3, -0.25) is 4.90 Å². The van der Waals surface area contributed by atoms with E-state index >= 15 is 0 Å². The molecule has 0 fully saturated rings. The second-order valence-corrected chi connectivity index (χ2v) is 4.93. The van der Waals surface area contributed by atoms with Crippen molar-refractivity contribution >= 4 is 10.9 Å². The van der Waals surface area contributed by atoms with Crippen LogP contribution in [0.25, 0.3) is 10.9 Å². The van der Waals surface area contributed by atoms with Gasteiger partial charge in [-0.25, -0.2) is 9.37 Å². The predicted molar refractivity (Wildman–Crippen MR) is 72.3 cm³/mol. The van der Waals surface area contributed by atoms with Gasteiger partial charge in [0.05, 0.1) is 6.61 Å². The fourth-order valence-corrected chi connectivity index (χ4v) is 2.82. The Morgan fingerprint density at radius 3 is 3.00 bits per heavy atom. The summed E-state index contributed by atoms with van der Waals surface area (Å²) in [6.07, 6.45) is 0.820. The quantitative estimate of drug-likeness (QED) is 0.899. The fourth-order valence-electron chi connectivity index (χ4n) is 2.82. The molecular formula is C15H17FN2O. The average Bonchev–Trinajstić information content (AvgIpc) is 2.45. The van der Waals surface area contributed by atoms with Gasteiger partial charge in [0.25, 0.3) is 0 Å². The van der Waals surface area contributed by atoms with Gasteiger partial charge in [0.1, 0.15) is 11.3 Å². The predicted octanol–water partition coefficient (Wildman–Crippen LogP) is 2.24. The normalized spacial score (nSPS) is 15.7. The summed E-state index contributed by atoms with van der Waals surface area (Å²) in [7, 11) is 0. The molecule has 1 N–H and O–H groups in total. The van der Waals surface area contributed by atoms with Crippen LogP contribution in [0, 0.1) is 5.82 Å². The van der Waals surface area contributed by atoms with Gasteiger partial charge in [-0.15, -0.1) is 0 Å². The zero-order valence-corrected chi connectivity index (χ0v) is 11.0. The molecule has 0 unspecified atom stereocenters. The van der Waals surface area contributed by atoms with Gasteiger partial charge in [-0.2, -0.15) is 0 Å². The number of aliphatic hydroxyl groups is 1. The maximum absolute atomic E-state index is 13.9. The summed E-state index contributed by atoms with van der Waals surface area (Å²) < 4.78 is 13.9. The number of rotatable bonds is 2. The van der Waals surface area contributed by atoms with E-state index in [1.54, 1.807) is 6.07 Å². The van der Waals surface area contributed by atoms with Gasteiger partial charge in [-0.05, 0) is 23.7 Å². The molecule has 2 heterocycles. The van der Waals surface area contributed by atoms with Gasteiger partial charge in [-0.1, -0.05) is 19.1 Å². The number of para-hydroxylation sites is 1. The van der Waals surface area contributed by atoms with E-state index in [0.717, 1.165) is 48.3 Å². The second-order valence-electron chi connectivity index (χ2n) is 4.93. The Bertz CT molecular complexity index is 627. The standard InChI is InChI=1S/C15H17FN2O/c1-2-18-7-6-14-11(8-18)12(9-19)10-4-3-5-13(16)15(10)17-14/h3-5,19H,2,6-9H2,1H3. The molecule has 0 atom stereocenters. The minimum Gasteiger partial charge on any atom is -0.392 e. The highest BCUT2D eigenvalue weighted by Crippen LogP contribution is 2.29. The number of pyridine rings is 1. The number of hydrogen-bond donors (Lipinski definition) is 1. The van der Waals surface area contributed by atoms with Crippen molar-refractivity contribution in [1.82, 2.24) is 9.88 Å². The van der Waals surface area contributed by atoms with E-state index in [0.29, 0.717) is 5.52 Å². The first-order valence-corrected chi connectivity index (χ1v) is 6.66. The Morgan fingerprint density at radius 2 is 2.26 bits per heavy atom. The van der Waals surface area contributed by atoms with Gasteiger partial charge >= 0.3 is 0 Å². The number of likely N-dealkylation sites (N-methyl/N-ethyl adjacent to an activating group) is 1. The summed E-state index contributed by atoms with van der Waals surface area (Å²) in [6, 6.07) is 4.93. The highest BCUT2D eigenvalue weighted by Gasteiger charge is 2.22. The van der Waals surface area contributed by atoms with E-state index in [2.05, 4.69) is 16.8 Å². The van der Waals surface area contributed by atoms with E-state index in [9.17, 15) is 9.50 Å². The molecule has 0 amide bonds. The molecule has 3 rings (SSSR count). The van der Waals surface area contributed by atoms with Gasteiger partial charge in [0.2, 0.25) is 0 Å². The van der Waals surface area contributed by atoms with Crippen molar-refractivity contribution in [2.24, 2.45) is 0 Å². The molecule has 1 aromatic carbocycles. The Morgan fingerprint density at radius 1 is 1.42 bits per heavy atom. The van der Waals surface area contributed by atoms with Crippen LogP contribution >= 0.6 is 0 Å². The van der Waals surface area contributed by atoms with E-state index < -0.39 is 0 Å². The molecule has 0 saturated heterocycles. The zero-order valence-electron chi connectivity index (χ0n) is 11.0. The molecule has 1 aromatic heterocycles. The maximum Gasteiger partial charge on any atom is 0.149 e. The molecule has 0 spiro atoms. The van der Waals surface area contributed by atoms with Gasteiger partial charge in [0.15, 0.2) is 0 Å². The molecule has 1 aliphatic heterocycles. The molecule has 0 bridgehead atoms. The van der Waals surface area contributed by atoms with E-state index in [1.807, 2.05) is 6.07 Å². The largest absolute Gasteiger partial charge is 0.392 e. The van der Waals surface area contributed by atoms with E-state index in [1.165, 1.54) is 6.07 Å². The van der Waals surface area contributed by atoms with Crippen molar-refractivity contribution < 1.29 is 9.50 Å². The van der Waals surface area contributed by atoms with E-state index in [4.69, 9.17) is 0 Å². The number of benzene rings is 1. The minimum absolute atomic E-state index is 0.0671. The van der Waals surface area contributed by atoms with Crippen LogP contribution in [0.4, 0.5) is 4.39 Å². The number of aromatic nitrogens is 1. The third-order valence-electron chi connectivity index (χ3n) is 3.92. The summed E-state index contributed by atoms with van der Waals surface area (Å²) in [6.45, 7) is 4.77. The summed E-state index contributed by atoms with van der Waals surface area (Å²) in [5.41, 5.74) is 3.23. The van der Waals surface area contributed by atoms with Gasteiger partial charge in [0, 0.05) is 30.6 Å². The first kappa shape index (κ1) is 12.5. The first-order valence-electron chi connectivity index (χ1n) is 6.66. The molecule has 3 nitrogen and oxygen atoms in total. The SMILES string of the molecule is CCN1CCc2nc3c(F)cccc3c(CO)c2C1. The van der Waals surface area contributed by atoms with Crippen molar-refractivity contribution in [1.29, 1.82) is 0 Å². The van der Waals surface area contributed by atoms with Gasteiger partial charge < -0.3 is 5.11 Å². The zero-order chi connectivity index (χ0) is 13.4. The Balaban J connectivity index is 2.26. The lowest BCUT2D eigenvalue weighted by molar-refractivity contribution is 0.252. The lowest BCUT2D eigenvalue weighted by Crippen LogP contribution is -2.31. The average molecular weight is 260 g/mol. The molecule has 4 heteroatoms. The van der Waals surface area contributed by atoms with Crippen LogP contribution in [0.1, 0.15) is 23.7 Å². The van der Waals surface area contributed by atoms with Crippen LogP contribution in [0.2, 0.25) is 0 Å². The van der Waals surface area contributed by atoms with Crippen LogP contribution in [-0.2, 0) is 19.6 Å². The summed E-state index contributed by atoms with van der Waals surface area (Å²) in [5, 5.41) is 10.4. The topological polar surface area (TPSA) is 36.4 Å². The smallest absolute Gasteiger partial charge is 0.149 e. The van der Waals surface area contributed by atoms with Crippen molar-refractivity contribution in [2.45, 2.75) is 26.5 Å². The Hall–Kier alpha value is -1.52. The van der Waals surface area contributed by atoms with Crippen LogP contribution < -0.4 is 0 Å². The second kappa shape index (κ2) is 4.87. The Kier molecular flexibility index (Phi) is 3.21. The molecule has 100 valence electrons. The third-order valence-corrected chi connectivity index (χ3v) is 3.92. The number of nitrogens with zero attached hydrogens (tertiary/aromatic N) is 2. The summed E-state index contributed by atoms with van der Waals surface area (Å²) in [4.78, 5) is 6.79. The summed E-state index contributed by atoms with van der Waals surface area (Å²) in [5.74, 6) is -0.312. The first-order chi connectivity index (χ1) is 9.24. The molecule has 19 heavy (non-hydrogen) atoms. The molecular weight excluding hydrogens is 243 g/mol. The number of fused-ring (bicyclic) bond motifs is 2. The van der Waals surface area contributed by atoms with Crippen LogP contribution in [-0.4, -0.2) is 28.1 Å². The van der Waals surface area contributed by atoms with Crippen molar-refractivity contribution in [3.63, 3.8) is 0 Å². The molecule has 0 saturated carbocycles. The molecule has 0 aliphatic carbocycles. The monoisotopic (exact) mass is 260 g/mol. The number of aliphatic hydroxyl groups excluding tert-OH is 1. The lowest BCUT2D eigenvalue weighted by Gasteiger charge is -2.29. The highest BCUT2D eigenvalue weighted by molar-refractivity contribution is 5.84. The lowest BCUT2D eigenvalue weighted by atomic mass is 9.96. The van der Waals surface area contributed by atoms with Crippen molar-refractivity contribution in [2.75, 3.05) is 13.1 Å². The fraction of sp³-hybridized carbons (Fsp3) is 0.400. The maximum atomic E-state index is 13.9. The highest BCUT2D eigenvalue weighted by atomic mass is 19.1.